The molecule has 1 aromatic carbocycles. The van der Waals surface area contributed by atoms with Gasteiger partial charge in [0.1, 0.15) is 5.82 Å². The van der Waals surface area contributed by atoms with Crippen molar-refractivity contribution in [1.29, 1.82) is 0 Å². The van der Waals surface area contributed by atoms with Gasteiger partial charge in [0.15, 0.2) is 11.0 Å². The number of para-hydroxylation sites is 1. The third-order valence-corrected chi connectivity index (χ3v) is 4.31. The number of hydrogen-bond acceptors (Lipinski definition) is 6. The van der Waals surface area contributed by atoms with E-state index < -0.39 is 0 Å². The Bertz CT molecular complexity index is 646. The predicted octanol–water partition coefficient (Wildman–Crippen LogP) is 2.71. The maximum atomic E-state index is 4.74. The standard InChI is InChI=1S/C14H15N5S/c1-20-14-15-12-11-10(17-18-12)7-8-19(13(11)16-14)9-5-3-2-4-6-9/h2-6,10,17H,7-8H2,1H3,(H,15,16,18). The van der Waals surface area contributed by atoms with Gasteiger partial charge in [-0.2, -0.15) is 0 Å². The zero-order chi connectivity index (χ0) is 13.5. The van der Waals surface area contributed by atoms with Gasteiger partial charge in [0.2, 0.25) is 0 Å². The summed E-state index contributed by atoms with van der Waals surface area (Å²) in [5.74, 6) is 1.95. The van der Waals surface area contributed by atoms with Crippen molar-refractivity contribution < 1.29 is 0 Å². The quantitative estimate of drug-likeness (QED) is 0.653. The van der Waals surface area contributed by atoms with Crippen molar-refractivity contribution in [2.75, 3.05) is 23.1 Å². The SMILES string of the molecule is CSc1nc2c3c(n1)N(c1ccccc1)CCC3NN2. The first-order chi connectivity index (χ1) is 9.86. The molecule has 1 atom stereocenters. The Kier molecular flexibility index (Phi) is 2.78. The Morgan fingerprint density at radius 3 is 2.90 bits per heavy atom. The van der Waals surface area contributed by atoms with E-state index in [1.165, 1.54) is 11.3 Å². The molecule has 0 aliphatic carbocycles. The molecule has 2 aliphatic heterocycles. The number of hydrazine groups is 1. The van der Waals surface area contributed by atoms with Crippen molar-refractivity contribution in [1.82, 2.24) is 15.4 Å². The van der Waals surface area contributed by atoms with Gasteiger partial charge in [-0.15, -0.1) is 0 Å². The lowest BCUT2D eigenvalue weighted by Gasteiger charge is -2.32. The van der Waals surface area contributed by atoms with Crippen LogP contribution in [0.2, 0.25) is 0 Å². The Morgan fingerprint density at radius 1 is 1.25 bits per heavy atom. The van der Waals surface area contributed by atoms with Gasteiger partial charge in [-0.25, -0.2) is 15.4 Å². The van der Waals surface area contributed by atoms with E-state index in [4.69, 9.17) is 4.98 Å². The minimum absolute atomic E-state index is 0.316. The van der Waals surface area contributed by atoms with Crippen LogP contribution in [0.3, 0.4) is 0 Å². The third-order valence-electron chi connectivity index (χ3n) is 3.77. The molecule has 1 unspecified atom stereocenters. The molecule has 0 radical (unpaired) electrons. The van der Waals surface area contributed by atoms with Crippen molar-refractivity contribution in [2.24, 2.45) is 0 Å². The molecule has 3 heterocycles. The number of nitrogens with zero attached hydrogens (tertiary/aromatic N) is 3. The molecule has 0 bridgehead atoms. The largest absolute Gasteiger partial charge is 0.326 e. The number of rotatable bonds is 2. The summed E-state index contributed by atoms with van der Waals surface area (Å²) in [7, 11) is 0. The molecule has 0 spiro atoms. The van der Waals surface area contributed by atoms with Crippen molar-refractivity contribution in [3.8, 4) is 0 Å². The van der Waals surface area contributed by atoms with Crippen LogP contribution in [0.1, 0.15) is 18.0 Å². The third kappa shape index (κ3) is 1.76. The Hall–Kier alpha value is -1.79. The summed E-state index contributed by atoms with van der Waals surface area (Å²) in [5, 5.41) is 0.802. The summed E-state index contributed by atoms with van der Waals surface area (Å²) in [4.78, 5) is 11.6. The number of anilines is 3. The Labute approximate surface area is 121 Å². The van der Waals surface area contributed by atoms with E-state index in [0.29, 0.717) is 6.04 Å². The van der Waals surface area contributed by atoms with Gasteiger partial charge >= 0.3 is 0 Å². The van der Waals surface area contributed by atoms with Crippen LogP contribution in [-0.2, 0) is 0 Å². The van der Waals surface area contributed by atoms with Gasteiger partial charge in [-0.05, 0) is 24.8 Å². The lowest BCUT2D eigenvalue weighted by atomic mass is 10.0. The highest BCUT2D eigenvalue weighted by molar-refractivity contribution is 7.98. The molecule has 2 aliphatic rings. The molecule has 0 saturated heterocycles. The summed E-state index contributed by atoms with van der Waals surface area (Å²) >= 11 is 1.57. The van der Waals surface area contributed by atoms with Gasteiger partial charge in [-0.1, -0.05) is 30.0 Å². The monoisotopic (exact) mass is 285 g/mol. The molecular weight excluding hydrogens is 270 g/mol. The topological polar surface area (TPSA) is 53.1 Å². The molecule has 102 valence electrons. The molecule has 0 fully saturated rings. The summed E-state index contributed by atoms with van der Waals surface area (Å²) in [6.07, 6.45) is 3.05. The second-order valence-electron chi connectivity index (χ2n) is 4.89. The molecule has 6 heteroatoms. The number of thioether (sulfide) groups is 1. The second-order valence-corrected chi connectivity index (χ2v) is 5.67. The van der Waals surface area contributed by atoms with E-state index in [0.717, 1.165) is 29.8 Å². The Balaban J connectivity index is 1.88. The maximum absolute atomic E-state index is 4.74. The van der Waals surface area contributed by atoms with E-state index in [9.17, 15) is 0 Å². The fourth-order valence-electron chi connectivity index (χ4n) is 2.82. The van der Waals surface area contributed by atoms with E-state index in [1.54, 1.807) is 11.8 Å². The minimum Gasteiger partial charge on any atom is -0.326 e. The molecule has 20 heavy (non-hydrogen) atoms. The van der Waals surface area contributed by atoms with Crippen LogP contribution in [0.15, 0.2) is 35.5 Å². The van der Waals surface area contributed by atoms with E-state index >= 15 is 0 Å². The maximum Gasteiger partial charge on any atom is 0.191 e. The smallest absolute Gasteiger partial charge is 0.191 e. The van der Waals surface area contributed by atoms with Gasteiger partial charge in [0.05, 0.1) is 11.6 Å². The van der Waals surface area contributed by atoms with Crippen LogP contribution in [-0.4, -0.2) is 22.8 Å². The molecule has 2 N–H and O–H groups in total. The molecule has 1 aromatic heterocycles. The first-order valence-electron chi connectivity index (χ1n) is 6.67. The average molecular weight is 285 g/mol. The zero-order valence-electron chi connectivity index (χ0n) is 11.1. The normalized spacial score (nSPS) is 19.6. The van der Waals surface area contributed by atoms with Crippen molar-refractivity contribution in [2.45, 2.75) is 17.6 Å². The van der Waals surface area contributed by atoms with Crippen LogP contribution in [0.5, 0.6) is 0 Å². The number of benzene rings is 1. The summed E-state index contributed by atoms with van der Waals surface area (Å²) in [5.41, 5.74) is 8.86. The van der Waals surface area contributed by atoms with Crippen LogP contribution >= 0.6 is 11.8 Å². The second kappa shape index (κ2) is 4.64. The van der Waals surface area contributed by atoms with Gasteiger partial charge < -0.3 is 10.3 Å². The van der Waals surface area contributed by atoms with E-state index in [2.05, 4.69) is 45.0 Å². The van der Waals surface area contributed by atoms with E-state index in [1.807, 2.05) is 12.3 Å². The van der Waals surface area contributed by atoms with Crippen LogP contribution in [0.25, 0.3) is 0 Å². The van der Waals surface area contributed by atoms with Gasteiger partial charge in [-0.3, -0.25) is 0 Å². The highest BCUT2D eigenvalue weighted by atomic mass is 32.2. The molecule has 4 rings (SSSR count). The molecular formula is C14H15N5S. The van der Waals surface area contributed by atoms with Crippen LogP contribution < -0.4 is 15.8 Å². The summed E-state index contributed by atoms with van der Waals surface area (Å²) in [6, 6.07) is 10.7. The Morgan fingerprint density at radius 2 is 2.10 bits per heavy atom. The molecule has 2 aromatic rings. The molecule has 5 nitrogen and oxygen atoms in total. The lowest BCUT2D eigenvalue weighted by molar-refractivity contribution is 0.554. The molecule has 0 saturated carbocycles. The van der Waals surface area contributed by atoms with Gasteiger partial charge in [0.25, 0.3) is 0 Å². The van der Waals surface area contributed by atoms with E-state index in [-0.39, 0.29) is 0 Å². The number of nitrogens with one attached hydrogen (secondary N) is 2. The van der Waals surface area contributed by atoms with Crippen LogP contribution in [0, 0.1) is 0 Å². The first-order valence-corrected chi connectivity index (χ1v) is 7.89. The van der Waals surface area contributed by atoms with Crippen molar-refractivity contribution in [3.05, 3.63) is 35.9 Å². The zero-order valence-corrected chi connectivity index (χ0v) is 11.9. The fraction of sp³-hybridized carbons (Fsp3) is 0.286. The summed E-state index contributed by atoms with van der Waals surface area (Å²) < 4.78 is 0. The number of hydrogen-bond donors (Lipinski definition) is 2. The lowest BCUT2D eigenvalue weighted by Crippen LogP contribution is -2.31. The van der Waals surface area contributed by atoms with Crippen molar-refractivity contribution >= 4 is 29.1 Å². The summed E-state index contributed by atoms with van der Waals surface area (Å²) in [6.45, 7) is 0.959. The highest BCUT2D eigenvalue weighted by Crippen LogP contribution is 2.43. The predicted molar refractivity (Wildman–Crippen MR) is 81.4 cm³/mol. The number of aromatic nitrogens is 2. The highest BCUT2D eigenvalue weighted by Gasteiger charge is 2.35. The average Bonchev–Trinajstić information content (AvgIpc) is 2.93. The minimum atomic E-state index is 0.316. The molecule has 0 amide bonds. The van der Waals surface area contributed by atoms with Gasteiger partial charge in [0, 0.05) is 12.2 Å². The fourth-order valence-corrected chi connectivity index (χ4v) is 3.18. The van der Waals surface area contributed by atoms with Crippen molar-refractivity contribution in [3.63, 3.8) is 0 Å². The first kappa shape index (κ1) is 12.0. The van der Waals surface area contributed by atoms with Crippen LogP contribution in [0.4, 0.5) is 17.3 Å².